The van der Waals surface area contributed by atoms with Gasteiger partial charge in [0.1, 0.15) is 0 Å². The normalized spacial score (nSPS) is 19.4. The number of carbonyl (C=O) groups is 1. The molecule has 1 saturated heterocycles. The molecule has 1 rings (SSSR count). The highest BCUT2D eigenvalue weighted by Crippen LogP contribution is 2.19. The molecule has 5 nitrogen and oxygen atoms in total. The second-order valence-corrected chi connectivity index (χ2v) is 4.20. The van der Waals surface area contributed by atoms with Crippen molar-refractivity contribution in [2.75, 3.05) is 32.9 Å². The molecule has 1 aliphatic heterocycles. The van der Waals surface area contributed by atoms with Crippen molar-refractivity contribution < 1.29 is 14.6 Å². The standard InChI is InChI=1S/C11H22N2O3/c1-2-12-6-3-10(15)13-11(9-14)4-7-16-8-5-11/h12,14H,2-9H2,1H3,(H,13,15). The fourth-order valence-corrected chi connectivity index (χ4v) is 1.82. The van der Waals surface area contributed by atoms with Crippen LogP contribution < -0.4 is 10.6 Å². The lowest BCUT2D eigenvalue weighted by molar-refractivity contribution is -0.125. The summed E-state index contributed by atoms with van der Waals surface area (Å²) in [4.78, 5) is 11.6. The fraction of sp³-hybridized carbons (Fsp3) is 0.909. The van der Waals surface area contributed by atoms with E-state index in [4.69, 9.17) is 4.74 Å². The van der Waals surface area contributed by atoms with Crippen LogP contribution in [0, 0.1) is 0 Å². The van der Waals surface area contributed by atoms with Crippen LogP contribution in [0.3, 0.4) is 0 Å². The van der Waals surface area contributed by atoms with Crippen LogP contribution in [0.4, 0.5) is 0 Å². The minimum Gasteiger partial charge on any atom is -0.394 e. The summed E-state index contributed by atoms with van der Waals surface area (Å²) in [6.45, 7) is 4.75. The van der Waals surface area contributed by atoms with Crippen molar-refractivity contribution in [2.24, 2.45) is 0 Å². The van der Waals surface area contributed by atoms with E-state index in [9.17, 15) is 9.90 Å². The van der Waals surface area contributed by atoms with Crippen molar-refractivity contribution in [3.63, 3.8) is 0 Å². The van der Waals surface area contributed by atoms with Crippen LogP contribution in [0.15, 0.2) is 0 Å². The third-order valence-corrected chi connectivity index (χ3v) is 2.94. The largest absolute Gasteiger partial charge is 0.394 e. The fourth-order valence-electron chi connectivity index (χ4n) is 1.82. The van der Waals surface area contributed by atoms with E-state index in [1.54, 1.807) is 0 Å². The molecule has 0 atom stereocenters. The highest BCUT2D eigenvalue weighted by Gasteiger charge is 2.33. The summed E-state index contributed by atoms with van der Waals surface area (Å²) < 4.78 is 5.23. The third kappa shape index (κ3) is 4.08. The van der Waals surface area contributed by atoms with Gasteiger partial charge in [0, 0.05) is 26.2 Å². The van der Waals surface area contributed by atoms with Gasteiger partial charge in [-0.15, -0.1) is 0 Å². The molecule has 0 aliphatic carbocycles. The number of aliphatic hydroxyl groups excluding tert-OH is 1. The highest BCUT2D eigenvalue weighted by atomic mass is 16.5. The molecule has 1 fully saturated rings. The lowest BCUT2D eigenvalue weighted by Gasteiger charge is -2.36. The number of carbonyl (C=O) groups excluding carboxylic acids is 1. The smallest absolute Gasteiger partial charge is 0.221 e. The molecule has 0 aromatic rings. The molecule has 0 aromatic carbocycles. The van der Waals surface area contributed by atoms with Gasteiger partial charge in [0.05, 0.1) is 12.1 Å². The molecule has 1 amide bonds. The zero-order chi connectivity index (χ0) is 11.9. The van der Waals surface area contributed by atoms with Gasteiger partial charge in [-0.2, -0.15) is 0 Å². The molecular formula is C11H22N2O3. The van der Waals surface area contributed by atoms with Crippen LogP contribution >= 0.6 is 0 Å². The second-order valence-electron chi connectivity index (χ2n) is 4.20. The predicted molar refractivity (Wildman–Crippen MR) is 61.2 cm³/mol. The predicted octanol–water partition coefficient (Wildman–Crippen LogP) is -0.356. The quantitative estimate of drug-likeness (QED) is 0.545. The number of amides is 1. The van der Waals surface area contributed by atoms with Crippen molar-refractivity contribution >= 4 is 5.91 Å². The molecule has 3 N–H and O–H groups in total. The summed E-state index contributed by atoms with van der Waals surface area (Å²) >= 11 is 0. The van der Waals surface area contributed by atoms with Crippen LogP contribution in [0.2, 0.25) is 0 Å². The van der Waals surface area contributed by atoms with E-state index >= 15 is 0 Å². The lowest BCUT2D eigenvalue weighted by Crippen LogP contribution is -2.54. The summed E-state index contributed by atoms with van der Waals surface area (Å²) in [5.74, 6) is -0.00287. The van der Waals surface area contributed by atoms with Gasteiger partial charge < -0.3 is 20.5 Å². The Labute approximate surface area is 96.6 Å². The van der Waals surface area contributed by atoms with Crippen molar-refractivity contribution in [1.29, 1.82) is 0 Å². The maximum absolute atomic E-state index is 11.6. The minimum absolute atomic E-state index is 0.00287. The van der Waals surface area contributed by atoms with Crippen molar-refractivity contribution in [3.05, 3.63) is 0 Å². The van der Waals surface area contributed by atoms with Crippen LogP contribution in [-0.2, 0) is 9.53 Å². The number of nitrogens with one attached hydrogen (secondary N) is 2. The van der Waals surface area contributed by atoms with E-state index < -0.39 is 5.54 Å². The van der Waals surface area contributed by atoms with E-state index in [1.807, 2.05) is 6.92 Å². The van der Waals surface area contributed by atoms with Gasteiger partial charge in [0.25, 0.3) is 0 Å². The van der Waals surface area contributed by atoms with Gasteiger partial charge in [-0.25, -0.2) is 0 Å². The molecule has 1 heterocycles. The average molecular weight is 230 g/mol. The lowest BCUT2D eigenvalue weighted by atomic mass is 9.91. The van der Waals surface area contributed by atoms with Crippen molar-refractivity contribution in [1.82, 2.24) is 10.6 Å². The summed E-state index contributed by atoms with van der Waals surface area (Å²) in [5, 5.41) is 15.4. The molecule has 0 unspecified atom stereocenters. The highest BCUT2D eigenvalue weighted by molar-refractivity contribution is 5.77. The summed E-state index contributed by atoms with van der Waals surface area (Å²) in [6.07, 6.45) is 1.84. The van der Waals surface area contributed by atoms with Gasteiger partial charge in [-0.3, -0.25) is 4.79 Å². The minimum atomic E-state index is -0.457. The summed E-state index contributed by atoms with van der Waals surface area (Å²) in [5.41, 5.74) is -0.457. The first kappa shape index (κ1) is 13.4. The monoisotopic (exact) mass is 230 g/mol. The Morgan fingerprint density at radius 3 is 2.69 bits per heavy atom. The molecule has 16 heavy (non-hydrogen) atoms. The van der Waals surface area contributed by atoms with Crippen LogP contribution in [0.25, 0.3) is 0 Å². The number of aliphatic hydroxyl groups is 1. The Balaban J connectivity index is 2.33. The molecule has 0 aromatic heterocycles. The summed E-state index contributed by atoms with van der Waals surface area (Å²) in [6, 6.07) is 0. The van der Waals surface area contributed by atoms with E-state index in [2.05, 4.69) is 10.6 Å². The number of hydrogen-bond donors (Lipinski definition) is 3. The van der Waals surface area contributed by atoms with E-state index in [0.717, 1.165) is 6.54 Å². The summed E-state index contributed by atoms with van der Waals surface area (Å²) in [7, 11) is 0. The Hall–Kier alpha value is -0.650. The van der Waals surface area contributed by atoms with Gasteiger partial charge in [-0.1, -0.05) is 6.92 Å². The Morgan fingerprint density at radius 2 is 2.12 bits per heavy atom. The average Bonchev–Trinajstić information content (AvgIpc) is 2.30. The first-order chi connectivity index (χ1) is 7.72. The molecule has 0 radical (unpaired) electrons. The molecule has 0 saturated carbocycles. The Kier molecular flexibility index (Phi) is 5.73. The second kappa shape index (κ2) is 6.83. The van der Waals surface area contributed by atoms with Gasteiger partial charge in [-0.05, 0) is 19.4 Å². The third-order valence-electron chi connectivity index (χ3n) is 2.94. The Morgan fingerprint density at radius 1 is 1.44 bits per heavy atom. The first-order valence-corrected chi connectivity index (χ1v) is 5.93. The molecule has 0 spiro atoms. The van der Waals surface area contributed by atoms with Crippen molar-refractivity contribution in [2.45, 2.75) is 31.7 Å². The molecule has 0 bridgehead atoms. The SMILES string of the molecule is CCNCCC(=O)NC1(CO)CCOCC1. The van der Waals surface area contributed by atoms with Crippen LogP contribution in [0.5, 0.6) is 0 Å². The topological polar surface area (TPSA) is 70.6 Å². The Bertz CT molecular complexity index is 215. The molecular weight excluding hydrogens is 208 g/mol. The first-order valence-electron chi connectivity index (χ1n) is 5.93. The van der Waals surface area contributed by atoms with E-state index in [0.29, 0.717) is 39.0 Å². The number of hydrogen-bond acceptors (Lipinski definition) is 4. The molecule has 94 valence electrons. The van der Waals surface area contributed by atoms with Crippen molar-refractivity contribution in [3.8, 4) is 0 Å². The molecule has 1 aliphatic rings. The maximum Gasteiger partial charge on any atom is 0.221 e. The van der Waals surface area contributed by atoms with Crippen LogP contribution in [-0.4, -0.2) is 49.5 Å². The zero-order valence-corrected chi connectivity index (χ0v) is 9.92. The zero-order valence-electron chi connectivity index (χ0n) is 9.92. The van der Waals surface area contributed by atoms with Gasteiger partial charge in [0.15, 0.2) is 0 Å². The van der Waals surface area contributed by atoms with E-state index in [1.165, 1.54) is 0 Å². The maximum atomic E-state index is 11.6. The van der Waals surface area contributed by atoms with Gasteiger partial charge in [0.2, 0.25) is 5.91 Å². The van der Waals surface area contributed by atoms with Gasteiger partial charge >= 0.3 is 0 Å². The number of ether oxygens (including phenoxy) is 1. The van der Waals surface area contributed by atoms with Crippen LogP contribution in [0.1, 0.15) is 26.2 Å². The van der Waals surface area contributed by atoms with E-state index in [-0.39, 0.29) is 12.5 Å². The molecule has 5 heteroatoms. The number of rotatable bonds is 6.